The first kappa shape index (κ1) is 20.0. The molecule has 1 aromatic carbocycles. The Morgan fingerprint density at radius 3 is 2.81 bits per heavy atom. The number of halogens is 4. The third-order valence-corrected chi connectivity index (χ3v) is 5.54. The Balaban J connectivity index is 1.53. The van der Waals surface area contributed by atoms with E-state index in [0.29, 0.717) is 25.1 Å². The molecule has 146 valence electrons. The van der Waals surface area contributed by atoms with Gasteiger partial charge in [-0.1, -0.05) is 0 Å². The van der Waals surface area contributed by atoms with Crippen molar-refractivity contribution in [2.75, 3.05) is 13.2 Å². The normalized spacial score (nSPS) is 25.4. The van der Waals surface area contributed by atoms with Gasteiger partial charge in [0.15, 0.2) is 0 Å². The Bertz CT molecular complexity index is 750. The van der Waals surface area contributed by atoms with E-state index in [4.69, 9.17) is 10.00 Å². The molecule has 2 aliphatic rings. The van der Waals surface area contributed by atoms with E-state index in [-0.39, 0.29) is 35.1 Å². The predicted octanol–water partition coefficient (Wildman–Crippen LogP) is 3.48. The van der Waals surface area contributed by atoms with Gasteiger partial charge in [-0.05, 0) is 59.8 Å². The fraction of sp³-hybridized carbons (Fsp3) is 0.556. The number of hydrogen-bond acceptors (Lipinski definition) is 4. The molecule has 0 spiro atoms. The summed E-state index contributed by atoms with van der Waals surface area (Å²) >= 11 is 3.11. The van der Waals surface area contributed by atoms with Crippen LogP contribution in [0.5, 0.6) is 5.75 Å². The number of amides is 1. The zero-order valence-corrected chi connectivity index (χ0v) is 16.0. The van der Waals surface area contributed by atoms with E-state index in [0.717, 1.165) is 25.0 Å². The molecule has 5 nitrogen and oxygen atoms in total. The smallest absolute Gasteiger partial charge is 0.416 e. The summed E-state index contributed by atoms with van der Waals surface area (Å²) in [6.07, 6.45) is -1.48. The SMILES string of the molecule is N#CC1CCCN1C(=O)[C@@H]1CC[C@H](COc2ccc(C(F)(F)F)cc2Br)N1. The average molecular weight is 446 g/mol. The number of rotatable bonds is 4. The molecule has 1 unspecified atom stereocenters. The molecule has 27 heavy (non-hydrogen) atoms. The lowest BCUT2D eigenvalue weighted by atomic mass is 10.1. The Kier molecular flexibility index (Phi) is 5.96. The fourth-order valence-electron chi connectivity index (χ4n) is 3.49. The van der Waals surface area contributed by atoms with E-state index in [1.807, 2.05) is 0 Å². The fourth-order valence-corrected chi connectivity index (χ4v) is 3.99. The van der Waals surface area contributed by atoms with Crippen LogP contribution in [0.1, 0.15) is 31.2 Å². The molecule has 3 rings (SSSR count). The topological polar surface area (TPSA) is 65.4 Å². The van der Waals surface area contributed by atoms with Crippen molar-refractivity contribution in [1.29, 1.82) is 5.26 Å². The van der Waals surface area contributed by atoms with Crippen LogP contribution in [0, 0.1) is 11.3 Å². The first-order chi connectivity index (χ1) is 12.8. The van der Waals surface area contributed by atoms with Crippen LogP contribution >= 0.6 is 15.9 Å². The van der Waals surface area contributed by atoms with Crippen molar-refractivity contribution >= 4 is 21.8 Å². The highest BCUT2D eigenvalue weighted by molar-refractivity contribution is 9.10. The van der Waals surface area contributed by atoms with Crippen LogP contribution in [-0.4, -0.2) is 42.1 Å². The second-order valence-corrected chi connectivity index (χ2v) is 7.62. The molecule has 0 radical (unpaired) electrons. The molecular weight excluding hydrogens is 427 g/mol. The number of carbonyl (C=O) groups excluding carboxylic acids is 1. The summed E-state index contributed by atoms with van der Waals surface area (Å²) in [4.78, 5) is 14.2. The lowest BCUT2D eigenvalue weighted by molar-refractivity contribution is -0.137. The largest absolute Gasteiger partial charge is 0.491 e. The van der Waals surface area contributed by atoms with Gasteiger partial charge in [0, 0.05) is 12.6 Å². The molecule has 2 aliphatic heterocycles. The van der Waals surface area contributed by atoms with Crippen molar-refractivity contribution in [3.05, 3.63) is 28.2 Å². The van der Waals surface area contributed by atoms with E-state index in [1.54, 1.807) is 4.90 Å². The second-order valence-electron chi connectivity index (χ2n) is 6.77. The van der Waals surface area contributed by atoms with Crippen LogP contribution in [0.2, 0.25) is 0 Å². The molecule has 0 saturated carbocycles. The first-order valence-corrected chi connectivity index (χ1v) is 9.54. The first-order valence-electron chi connectivity index (χ1n) is 8.75. The Morgan fingerprint density at radius 2 is 2.15 bits per heavy atom. The van der Waals surface area contributed by atoms with E-state index in [9.17, 15) is 18.0 Å². The molecule has 0 bridgehead atoms. The maximum atomic E-state index is 12.7. The number of benzene rings is 1. The quantitative estimate of drug-likeness (QED) is 0.770. The standard InChI is InChI=1S/C18H19BrF3N3O2/c19-14-8-11(18(20,21)22)3-6-16(14)27-10-12-4-5-15(24-12)17(26)25-7-1-2-13(25)9-23/h3,6,8,12-13,15,24H,1-2,4-5,7,10H2/t12-,13?,15+/m1/s1. The van der Waals surface area contributed by atoms with E-state index < -0.39 is 11.7 Å². The minimum Gasteiger partial charge on any atom is -0.491 e. The van der Waals surface area contributed by atoms with Crippen LogP contribution in [0.4, 0.5) is 13.2 Å². The number of nitrogens with zero attached hydrogens (tertiary/aromatic N) is 2. The molecule has 1 aromatic rings. The maximum Gasteiger partial charge on any atom is 0.416 e. The Morgan fingerprint density at radius 1 is 1.37 bits per heavy atom. The summed E-state index contributed by atoms with van der Waals surface area (Å²) in [7, 11) is 0. The third kappa shape index (κ3) is 4.55. The van der Waals surface area contributed by atoms with Crippen LogP contribution < -0.4 is 10.1 Å². The van der Waals surface area contributed by atoms with E-state index in [2.05, 4.69) is 27.3 Å². The third-order valence-electron chi connectivity index (χ3n) is 4.92. The summed E-state index contributed by atoms with van der Waals surface area (Å²) < 4.78 is 44.0. The molecule has 1 amide bonds. The summed E-state index contributed by atoms with van der Waals surface area (Å²) in [6.45, 7) is 0.852. The average Bonchev–Trinajstić information content (AvgIpc) is 3.28. The van der Waals surface area contributed by atoms with Crippen molar-refractivity contribution in [2.24, 2.45) is 0 Å². The van der Waals surface area contributed by atoms with Crippen LogP contribution in [0.3, 0.4) is 0 Å². The molecular formula is C18H19BrF3N3O2. The zero-order chi connectivity index (χ0) is 19.6. The van der Waals surface area contributed by atoms with Crippen molar-refractivity contribution in [3.8, 4) is 11.8 Å². The number of nitriles is 1. The molecule has 2 saturated heterocycles. The van der Waals surface area contributed by atoms with Gasteiger partial charge in [0.25, 0.3) is 0 Å². The second kappa shape index (κ2) is 8.07. The molecule has 0 aliphatic carbocycles. The van der Waals surface area contributed by atoms with Crippen molar-refractivity contribution in [3.63, 3.8) is 0 Å². The monoisotopic (exact) mass is 445 g/mol. The van der Waals surface area contributed by atoms with Gasteiger partial charge in [-0.3, -0.25) is 10.1 Å². The van der Waals surface area contributed by atoms with Crippen LogP contribution in [0.25, 0.3) is 0 Å². The number of hydrogen-bond donors (Lipinski definition) is 1. The van der Waals surface area contributed by atoms with Gasteiger partial charge >= 0.3 is 6.18 Å². The maximum absolute atomic E-state index is 12.7. The molecule has 9 heteroatoms. The number of ether oxygens (including phenoxy) is 1. The number of alkyl halides is 3. The molecule has 2 heterocycles. The lowest BCUT2D eigenvalue weighted by Crippen LogP contribution is -2.47. The summed E-state index contributed by atoms with van der Waals surface area (Å²) in [5.41, 5.74) is -0.746. The van der Waals surface area contributed by atoms with E-state index in [1.165, 1.54) is 6.07 Å². The number of likely N-dealkylation sites (tertiary alicyclic amines) is 1. The summed E-state index contributed by atoms with van der Waals surface area (Å²) in [5, 5.41) is 12.3. The highest BCUT2D eigenvalue weighted by Crippen LogP contribution is 2.35. The molecule has 1 N–H and O–H groups in total. The summed E-state index contributed by atoms with van der Waals surface area (Å²) in [5.74, 6) is 0.265. The van der Waals surface area contributed by atoms with E-state index >= 15 is 0 Å². The Hall–Kier alpha value is -1.79. The van der Waals surface area contributed by atoms with Gasteiger partial charge in [-0.2, -0.15) is 18.4 Å². The lowest BCUT2D eigenvalue weighted by Gasteiger charge is -2.24. The van der Waals surface area contributed by atoms with Crippen molar-refractivity contribution < 1.29 is 22.7 Å². The minimum atomic E-state index is -4.40. The van der Waals surface area contributed by atoms with Gasteiger partial charge in [0.1, 0.15) is 18.4 Å². The van der Waals surface area contributed by atoms with Gasteiger partial charge < -0.3 is 9.64 Å². The highest BCUT2D eigenvalue weighted by Gasteiger charge is 2.37. The Labute approximate surface area is 163 Å². The minimum absolute atomic E-state index is 0.0581. The van der Waals surface area contributed by atoms with Gasteiger partial charge in [0.05, 0.1) is 22.1 Å². The number of nitrogens with one attached hydrogen (secondary N) is 1. The molecule has 3 atom stereocenters. The highest BCUT2D eigenvalue weighted by atomic mass is 79.9. The van der Waals surface area contributed by atoms with Crippen LogP contribution in [-0.2, 0) is 11.0 Å². The van der Waals surface area contributed by atoms with Crippen molar-refractivity contribution in [2.45, 2.75) is 50.0 Å². The van der Waals surface area contributed by atoms with Crippen LogP contribution in [0.15, 0.2) is 22.7 Å². The molecule has 2 fully saturated rings. The molecule has 0 aromatic heterocycles. The summed E-state index contributed by atoms with van der Waals surface area (Å²) in [6, 6.07) is 4.64. The van der Waals surface area contributed by atoms with Crippen molar-refractivity contribution in [1.82, 2.24) is 10.2 Å². The zero-order valence-electron chi connectivity index (χ0n) is 14.4. The van der Waals surface area contributed by atoms with Gasteiger partial charge in [-0.15, -0.1) is 0 Å². The van der Waals surface area contributed by atoms with Gasteiger partial charge in [-0.25, -0.2) is 0 Å². The predicted molar refractivity (Wildman–Crippen MR) is 94.9 cm³/mol. The number of carbonyl (C=O) groups is 1. The van der Waals surface area contributed by atoms with Gasteiger partial charge in [0.2, 0.25) is 5.91 Å².